The lowest BCUT2D eigenvalue weighted by Gasteiger charge is -2.35. The number of hydrogen-bond acceptors (Lipinski definition) is 16. The van der Waals surface area contributed by atoms with E-state index in [-0.39, 0.29) is 68.0 Å². The van der Waals surface area contributed by atoms with Crippen LogP contribution < -0.4 is 19.5 Å². The molecule has 0 saturated carbocycles. The Morgan fingerprint density at radius 2 is 1.44 bits per heavy atom. The van der Waals surface area contributed by atoms with Gasteiger partial charge in [-0.3, -0.25) is 33.1 Å². The number of amides is 5. The van der Waals surface area contributed by atoms with Crippen LogP contribution in [0.15, 0.2) is 96.0 Å². The number of carbonyl (C=O) groups excluding carboxylic acids is 6. The molecular weight excluding hydrogens is 1110 g/mol. The molecule has 5 aromatic carbocycles. The molecule has 18 nitrogen and oxygen atoms in total. The van der Waals surface area contributed by atoms with Crippen LogP contribution in [-0.2, 0) is 83.9 Å². The van der Waals surface area contributed by atoms with Crippen molar-refractivity contribution in [1.29, 1.82) is 0 Å². The first-order chi connectivity index (χ1) is 39.3. The molecule has 430 valence electrons. The highest BCUT2D eigenvalue weighted by Gasteiger charge is 2.43. The number of anilines is 1. The zero-order chi connectivity index (χ0) is 58.0. The van der Waals surface area contributed by atoms with E-state index in [2.05, 4.69) is 33.8 Å². The Bertz CT molecular complexity index is 3510. The average Bonchev–Trinajstić information content (AvgIpc) is 3.52. The Morgan fingerprint density at radius 3 is 2.11 bits per heavy atom. The van der Waals surface area contributed by atoms with E-state index in [0.29, 0.717) is 82.7 Å². The maximum atomic E-state index is 14.2. The number of ether oxygens (including phenoxy) is 3. The number of fused-ring (bicyclic) bond motifs is 6. The van der Waals surface area contributed by atoms with Crippen molar-refractivity contribution in [3.8, 4) is 17.2 Å². The Balaban J connectivity index is 0.828. The predicted octanol–water partition coefficient (Wildman–Crippen LogP) is 9.42. The van der Waals surface area contributed by atoms with Gasteiger partial charge in [-0.2, -0.15) is 8.42 Å². The first-order valence-electron chi connectivity index (χ1n) is 27.3. The van der Waals surface area contributed by atoms with Crippen LogP contribution in [0.2, 0.25) is 0 Å². The number of aryl methyl sites for hydroxylation is 2. The summed E-state index contributed by atoms with van der Waals surface area (Å²) in [5.41, 5.74) is 9.92. The summed E-state index contributed by atoms with van der Waals surface area (Å²) in [6.07, 6.45) is 4.93. The second-order valence-electron chi connectivity index (χ2n) is 22.0. The molecule has 5 amide bonds. The molecule has 5 aliphatic heterocycles. The van der Waals surface area contributed by atoms with E-state index in [9.17, 15) is 37.2 Å². The Hall–Kier alpha value is -7.20. The van der Waals surface area contributed by atoms with Gasteiger partial charge in [-0.1, -0.05) is 77.0 Å². The van der Waals surface area contributed by atoms with Gasteiger partial charge in [0.1, 0.15) is 19.0 Å². The van der Waals surface area contributed by atoms with Crippen molar-refractivity contribution in [1.82, 2.24) is 14.9 Å². The smallest absolute Gasteiger partial charge is 0.353 e. The van der Waals surface area contributed by atoms with E-state index in [4.69, 9.17) is 24.0 Å². The second-order valence-corrected chi connectivity index (χ2v) is 27.0. The first kappa shape index (κ1) is 58.0. The third kappa shape index (κ3) is 12.7. The molecule has 82 heavy (non-hydrogen) atoms. The maximum Gasteiger partial charge on any atom is 0.353 e. The predicted molar refractivity (Wildman–Crippen MR) is 311 cm³/mol. The van der Waals surface area contributed by atoms with Gasteiger partial charge in [-0.05, 0) is 140 Å². The molecule has 1 fully saturated rings. The fourth-order valence-corrected chi connectivity index (χ4v) is 14.8. The van der Waals surface area contributed by atoms with Crippen LogP contribution >= 0.6 is 21.6 Å². The zero-order valence-corrected chi connectivity index (χ0v) is 49.0. The number of nitrogens with zero attached hydrogens (tertiary/aromatic N) is 4. The molecule has 10 rings (SSSR count). The lowest BCUT2D eigenvalue weighted by atomic mass is 9.92. The third-order valence-corrected chi connectivity index (χ3v) is 20.6. The van der Waals surface area contributed by atoms with Crippen LogP contribution in [0.25, 0.3) is 0 Å². The minimum absolute atomic E-state index is 0.0354. The minimum Gasteiger partial charge on any atom is -0.493 e. The van der Waals surface area contributed by atoms with Gasteiger partial charge in [-0.25, -0.2) is 4.79 Å². The molecule has 0 aromatic heterocycles. The molecular formula is C61H65N5O13S3. The summed E-state index contributed by atoms with van der Waals surface area (Å²) < 4.78 is 48.6. The largest absolute Gasteiger partial charge is 0.493 e. The van der Waals surface area contributed by atoms with Gasteiger partial charge in [0.15, 0.2) is 16.7 Å². The number of aliphatic imine (C=N–C) groups is 1. The van der Waals surface area contributed by atoms with Crippen molar-refractivity contribution < 1.29 is 60.4 Å². The molecule has 5 aromatic rings. The number of methoxy groups -OCH3 is 1. The van der Waals surface area contributed by atoms with E-state index in [1.165, 1.54) is 39.6 Å². The van der Waals surface area contributed by atoms with Crippen LogP contribution in [0.5, 0.6) is 17.2 Å². The Morgan fingerprint density at radius 1 is 0.780 bits per heavy atom. The molecule has 21 heteroatoms. The third-order valence-electron chi connectivity index (χ3n) is 15.6. The van der Waals surface area contributed by atoms with E-state index in [1.807, 2.05) is 91.4 Å². The van der Waals surface area contributed by atoms with Crippen molar-refractivity contribution >= 4 is 84.8 Å². The molecule has 4 atom stereocenters. The van der Waals surface area contributed by atoms with Crippen molar-refractivity contribution in [2.24, 2.45) is 10.9 Å². The van der Waals surface area contributed by atoms with Crippen molar-refractivity contribution in [2.45, 2.75) is 127 Å². The van der Waals surface area contributed by atoms with E-state index >= 15 is 0 Å². The summed E-state index contributed by atoms with van der Waals surface area (Å²) in [6, 6.07) is 29.2. The van der Waals surface area contributed by atoms with E-state index in [0.717, 1.165) is 47.8 Å². The van der Waals surface area contributed by atoms with Crippen LogP contribution in [0, 0.1) is 12.8 Å². The number of benzene rings is 5. The number of nitrogens with one attached hydrogen (secondary N) is 1. The standard InChI is InChI=1S/C61H65N5O13S3/c1-36-21-49-50(62-31-47-27-41-12-8-10-14-44(41)33-65(47)59(49)71)30-51(36)77-34-38-23-39(35-78-53-28-42-15-16-46-26-40-11-7-9-13-43(40)32-64(46)58(70)48(42)29-52(53)75-5)25-45(24-38)63-55(67)17-19-61(3,4)81-80-20-18-54(82(73,74)76-6)60(72)79-66-56(68)22-37(2)57(66)69/h7-14,21,23-25,28-31,37,46-47,54H,15-20,22,26-27,32-35H2,1-6H3,(H,63,67)/t37?,46-,47+,54?/m1/s1. The molecule has 0 spiro atoms. The van der Waals surface area contributed by atoms with E-state index < -0.39 is 43.8 Å². The number of imide groups is 1. The molecule has 5 aliphatic rings. The SMILES string of the molecule is COc1cc2c(cc1OCc1cc(COc3cc4c(cc3C)C(=O)N3Cc5ccccc5C[C@H]3C=N4)cc(NC(=O)CCC(C)(C)SSCCC(C(=O)ON3C(=O)CC(C)C3=O)S(=O)(=O)OC)c1)CC[C@@H]1Cc3ccccc3CN1C2=O. The molecule has 0 radical (unpaired) electrons. The quantitative estimate of drug-likeness (QED) is 0.0332. The van der Waals surface area contributed by atoms with E-state index in [1.54, 1.807) is 19.2 Å². The second kappa shape index (κ2) is 24.3. The molecule has 2 unspecified atom stereocenters. The number of carbonyl (C=O) groups is 6. The fourth-order valence-electron chi connectivity index (χ4n) is 11.0. The highest BCUT2D eigenvalue weighted by molar-refractivity contribution is 8.77. The number of hydrogen-bond donors (Lipinski definition) is 1. The molecule has 0 bridgehead atoms. The van der Waals surface area contributed by atoms with Gasteiger partial charge >= 0.3 is 5.97 Å². The van der Waals surface area contributed by atoms with Crippen molar-refractivity contribution in [2.75, 3.05) is 25.3 Å². The topological polar surface area (TPSA) is 217 Å². The van der Waals surface area contributed by atoms with Crippen LogP contribution in [0.1, 0.15) is 118 Å². The molecule has 5 heterocycles. The summed E-state index contributed by atoms with van der Waals surface area (Å²) in [7, 11) is 0.723. The van der Waals surface area contributed by atoms with Gasteiger partial charge in [0, 0.05) is 71.9 Å². The van der Waals surface area contributed by atoms with Crippen LogP contribution in [0.4, 0.5) is 11.4 Å². The summed E-state index contributed by atoms with van der Waals surface area (Å²) in [4.78, 5) is 93.4. The Labute approximate surface area is 485 Å². The number of hydroxylamine groups is 2. The highest BCUT2D eigenvalue weighted by atomic mass is 33.1. The molecule has 1 saturated heterocycles. The summed E-state index contributed by atoms with van der Waals surface area (Å²) in [5.74, 6) is -2.28. The highest BCUT2D eigenvalue weighted by Crippen LogP contribution is 2.41. The van der Waals surface area contributed by atoms with Crippen LogP contribution in [-0.4, -0.2) is 107 Å². The minimum atomic E-state index is -4.45. The van der Waals surface area contributed by atoms with Gasteiger partial charge in [0.25, 0.3) is 33.7 Å². The van der Waals surface area contributed by atoms with Gasteiger partial charge in [0.05, 0.1) is 31.5 Å². The van der Waals surface area contributed by atoms with Crippen molar-refractivity contribution in [3.63, 3.8) is 0 Å². The van der Waals surface area contributed by atoms with Gasteiger partial charge in [0.2, 0.25) is 5.91 Å². The lowest BCUT2D eigenvalue weighted by Crippen LogP contribution is -2.44. The maximum absolute atomic E-state index is 14.2. The number of rotatable bonds is 20. The van der Waals surface area contributed by atoms with Gasteiger partial charge in [-0.15, -0.1) is 5.06 Å². The Kier molecular flexibility index (Phi) is 17.2. The summed E-state index contributed by atoms with van der Waals surface area (Å²) >= 11 is 0. The zero-order valence-electron chi connectivity index (χ0n) is 46.6. The summed E-state index contributed by atoms with van der Waals surface area (Å²) in [5, 5.41) is 1.60. The molecule has 1 N–H and O–H groups in total. The first-order valence-corrected chi connectivity index (χ1v) is 31.1. The lowest BCUT2D eigenvalue weighted by molar-refractivity contribution is -0.197. The molecule has 0 aliphatic carbocycles. The monoisotopic (exact) mass is 1170 g/mol. The summed E-state index contributed by atoms with van der Waals surface area (Å²) in [6.45, 7) is 8.49. The average molecular weight is 1170 g/mol. The normalized spacial score (nSPS) is 18.7. The fraction of sp³-hybridized carbons (Fsp3) is 0.393. The van der Waals surface area contributed by atoms with Crippen molar-refractivity contribution in [3.05, 3.63) is 147 Å². The van der Waals surface area contributed by atoms with Crippen LogP contribution in [0.3, 0.4) is 0 Å². The van der Waals surface area contributed by atoms with Gasteiger partial charge < -0.3 is 34.2 Å².